The highest BCUT2D eigenvalue weighted by molar-refractivity contribution is 6.74. The predicted molar refractivity (Wildman–Crippen MR) is 225 cm³/mol. The zero-order valence-corrected chi connectivity index (χ0v) is 37.7. The monoisotopic (exact) mass is 737 g/mol. The number of allylic oxidation sites excluding steroid dienone is 5. The molecule has 0 saturated heterocycles. The molecule has 4 rings (SSSR count). The van der Waals surface area contributed by atoms with Crippen LogP contribution in [0, 0.1) is 28.6 Å². The van der Waals surface area contributed by atoms with Gasteiger partial charge in [0, 0.05) is 11.8 Å². The maximum absolute atomic E-state index is 13.4. The molecule has 290 valence electrons. The molecule has 0 N–H and O–H groups in total. The van der Waals surface area contributed by atoms with Gasteiger partial charge in [-0.2, -0.15) is 0 Å². The van der Waals surface area contributed by atoms with Crippen molar-refractivity contribution in [2.75, 3.05) is 0 Å². The molecular formula is C46H80O3Si2. The average molecular weight is 737 g/mol. The minimum atomic E-state index is -2.00. The fourth-order valence-electron chi connectivity index (χ4n) is 9.30. The van der Waals surface area contributed by atoms with Crippen LogP contribution in [0.5, 0.6) is 0 Å². The lowest BCUT2D eigenvalue weighted by molar-refractivity contribution is -0.119. The summed E-state index contributed by atoms with van der Waals surface area (Å²) >= 11 is 0. The van der Waals surface area contributed by atoms with Crippen LogP contribution in [0.1, 0.15) is 159 Å². The van der Waals surface area contributed by atoms with E-state index in [1.54, 1.807) is 5.57 Å². The summed E-state index contributed by atoms with van der Waals surface area (Å²) in [5.74, 6) is 2.09. The third-order valence-corrected chi connectivity index (χ3v) is 24.1. The van der Waals surface area contributed by atoms with E-state index < -0.39 is 16.6 Å². The molecule has 0 radical (unpaired) electrons. The second-order valence-corrected chi connectivity index (χ2v) is 30.4. The zero-order valence-electron chi connectivity index (χ0n) is 35.7. The minimum absolute atomic E-state index is 0.0118. The van der Waals surface area contributed by atoms with Gasteiger partial charge in [0.2, 0.25) is 0 Å². The van der Waals surface area contributed by atoms with Crippen molar-refractivity contribution < 1.29 is 13.6 Å². The van der Waals surface area contributed by atoms with Crippen molar-refractivity contribution in [3.63, 3.8) is 0 Å². The van der Waals surface area contributed by atoms with Gasteiger partial charge in [0.1, 0.15) is 0 Å². The molecular weight excluding hydrogens is 657 g/mol. The average Bonchev–Trinajstić information content (AvgIpc) is 3.72. The summed E-state index contributed by atoms with van der Waals surface area (Å²) in [6.07, 6.45) is 27.2. The van der Waals surface area contributed by atoms with E-state index >= 15 is 0 Å². The molecule has 51 heavy (non-hydrogen) atoms. The Balaban J connectivity index is 1.50. The SMILES string of the molecule is C=C1/C(=C\C=C2/CCC[C@]3(C)[C@@H]([C@H](C)/C=C/C(=O)C4(CCCCCCC)CC4)CC[C@@H]23)C[C@@H](O[Si](C)(C)C(C)(C)C)C[C@@H]1O[Si](C)(C)C(C)(C)C. The first-order chi connectivity index (χ1) is 23.6. The molecule has 5 heteroatoms. The number of carbonyl (C=O) groups is 1. The first-order valence-corrected chi connectivity index (χ1v) is 27.1. The number of carbonyl (C=O) groups excluding carboxylic acids is 1. The Bertz CT molecular complexity index is 1320. The van der Waals surface area contributed by atoms with Gasteiger partial charge < -0.3 is 8.85 Å². The van der Waals surface area contributed by atoms with E-state index in [0.29, 0.717) is 23.5 Å². The standard InChI is InChI=1S/C46H80O3Si2/c1-15-16-17-18-19-29-46(30-31-46)42(47)27-22-34(2)39-25-26-40-36(21-20-28-45(39,40)10)23-24-37-32-38(48-50(11,12)43(4,5)6)33-41(35(37)3)49-51(13,14)44(7,8)9/h22-24,27,34,38-41H,3,15-21,25-26,28-33H2,1-2,4-14H3/b27-22+,36-23+,37-24-/t34-,38-,39-,40+,41+,45-/m1/s1. The van der Waals surface area contributed by atoms with Crippen LogP contribution in [0.15, 0.2) is 47.6 Å². The molecule has 6 atom stereocenters. The molecule has 0 heterocycles. The molecule has 3 nitrogen and oxygen atoms in total. The van der Waals surface area contributed by atoms with Gasteiger partial charge in [-0.05, 0) is 134 Å². The second kappa shape index (κ2) is 16.4. The lowest BCUT2D eigenvalue weighted by Gasteiger charge is -2.45. The molecule has 0 aromatic heterocycles. The number of hydrogen-bond donors (Lipinski definition) is 0. The van der Waals surface area contributed by atoms with E-state index in [1.165, 1.54) is 75.4 Å². The molecule has 0 spiro atoms. The topological polar surface area (TPSA) is 35.5 Å². The Morgan fingerprint density at radius 2 is 1.55 bits per heavy atom. The first-order valence-electron chi connectivity index (χ1n) is 21.2. The van der Waals surface area contributed by atoms with Gasteiger partial charge in [-0.25, -0.2) is 0 Å². The summed E-state index contributed by atoms with van der Waals surface area (Å²) in [6.45, 7) is 35.5. The van der Waals surface area contributed by atoms with Gasteiger partial charge in [0.25, 0.3) is 0 Å². The first kappa shape index (κ1) is 42.7. The number of rotatable bonds is 15. The summed E-state index contributed by atoms with van der Waals surface area (Å²) in [6, 6.07) is 0. The molecule has 0 aliphatic heterocycles. The molecule has 0 unspecified atom stereocenters. The maximum atomic E-state index is 13.4. The van der Waals surface area contributed by atoms with Crippen LogP contribution in [-0.2, 0) is 13.6 Å². The van der Waals surface area contributed by atoms with Crippen molar-refractivity contribution in [3.05, 3.63) is 47.6 Å². The third kappa shape index (κ3) is 10.0. The fraction of sp³-hybridized carbons (Fsp3) is 0.804. The van der Waals surface area contributed by atoms with Crippen LogP contribution in [0.2, 0.25) is 36.3 Å². The Morgan fingerprint density at radius 1 is 0.922 bits per heavy atom. The smallest absolute Gasteiger partial charge is 0.192 e. The Labute approximate surface area is 318 Å². The van der Waals surface area contributed by atoms with Gasteiger partial charge >= 0.3 is 0 Å². The highest BCUT2D eigenvalue weighted by Crippen LogP contribution is 2.60. The van der Waals surface area contributed by atoms with Crippen molar-refractivity contribution in [2.45, 2.75) is 207 Å². The summed E-state index contributed by atoms with van der Waals surface area (Å²) in [5.41, 5.74) is 4.40. The van der Waals surface area contributed by atoms with E-state index in [9.17, 15) is 4.79 Å². The van der Waals surface area contributed by atoms with E-state index in [0.717, 1.165) is 32.1 Å². The number of unbranched alkanes of at least 4 members (excludes halogenated alkanes) is 4. The largest absolute Gasteiger partial charge is 0.413 e. The van der Waals surface area contributed by atoms with E-state index in [-0.39, 0.29) is 33.1 Å². The van der Waals surface area contributed by atoms with Crippen molar-refractivity contribution in [2.24, 2.45) is 28.6 Å². The van der Waals surface area contributed by atoms with E-state index in [4.69, 9.17) is 15.4 Å². The highest BCUT2D eigenvalue weighted by Gasteiger charge is 2.51. The quantitative estimate of drug-likeness (QED) is 0.0954. The Hall–Kier alpha value is -1.02. The summed E-state index contributed by atoms with van der Waals surface area (Å²) < 4.78 is 14.2. The van der Waals surface area contributed by atoms with Crippen LogP contribution < -0.4 is 0 Å². The molecule has 0 aromatic carbocycles. The fourth-order valence-corrected chi connectivity index (χ4v) is 12.0. The molecule has 0 aromatic rings. The maximum Gasteiger partial charge on any atom is 0.192 e. The van der Waals surface area contributed by atoms with Crippen molar-refractivity contribution in [1.82, 2.24) is 0 Å². The number of hydrogen-bond acceptors (Lipinski definition) is 3. The van der Waals surface area contributed by atoms with Gasteiger partial charge in [0.05, 0.1) is 12.2 Å². The van der Waals surface area contributed by atoms with Crippen LogP contribution in [0.4, 0.5) is 0 Å². The van der Waals surface area contributed by atoms with Gasteiger partial charge in [-0.15, -0.1) is 0 Å². The van der Waals surface area contributed by atoms with E-state index in [2.05, 4.69) is 107 Å². The van der Waals surface area contributed by atoms with Crippen LogP contribution in [0.25, 0.3) is 0 Å². The van der Waals surface area contributed by atoms with Crippen LogP contribution in [-0.4, -0.2) is 34.6 Å². The summed E-state index contributed by atoms with van der Waals surface area (Å²) in [5, 5.41) is 0.312. The molecule has 4 fully saturated rings. The van der Waals surface area contributed by atoms with Crippen molar-refractivity contribution >= 4 is 22.4 Å². The lowest BCUT2D eigenvalue weighted by Crippen LogP contribution is -2.49. The normalized spacial score (nSPS) is 31.0. The predicted octanol–water partition coefficient (Wildman–Crippen LogP) is 14.1. The van der Waals surface area contributed by atoms with Gasteiger partial charge in [-0.3, -0.25) is 4.79 Å². The zero-order chi connectivity index (χ0) is 38.0. The third-order valence-electron chi connectivity index (χ3n) is 15.1. The number of fused-ring (bicyclic) bond motifs is 1. The minimum Gasteiger partial charge on any atom is -0.413 e. The molecule has 0 bridgehead atoms. The molecule has 4 aliphatic carbocycles. The number of ketones is 1. The Kier molecular flexibility index (Phi) is 13.7. The van der Waals surface area contributed by atoms with Gasteiger partial charge in [0.15, 0.2) is 22.4 Å². The van der Waals surface area contributed by atoms with E-state index in [1.807, 2.05) is 6.08 Å². The van der Waals surface area contributed by atoms with Crippen molar-refractivity contribution in [3.8, 4) is 0 Å². The van der Waals surface area contributed by atoms with Crippen LogP contribution in [0.3, 0.4) is 0 Å². The Morgan fingerprint density at radius 3 is 2.16 bits per heavy atom. The second-order valence-electron chi connectivity index (χ2n) is 20.9. The van der Waals surface area contributed by atoms with Gasteiger partial charge in [-0.1, -0.05) is 125 Å². The molecule has 0 amide bonds. The molecule has 4 saturated carbocycles. The van der Waals surface area contributed by atoms with Crippen LogP contribution >= 0.6 is 0 Å². The lowest BCUT2D eigenvalue weighted by atomic mass is 9.61. The summed E-state index contributed by atoms with van der Waals surface area (Å²) in [7, 11) is -3.94. The highest BCUT2D eigenvalue weighted by atomic mass is 28.4. The summed E-state index contributed by atoms with van der Waals surface area (Å²) in [4.78, 5) is 13.4. The molecule has 4 aliphatic rings. The van der Waals surface area contributed by atoms with Crippen molar-refractivity contribution in [1.29, 1.82) is 0 Å².